The van der Waals surface area contributed by atoms with Crippen LogP contribution >= 0.6 is 0 Å². The lowest BCUT2D eigenvalue weighted by Crippen LogP contribution is -2.14. The second-order valence-electron chi connectivity index (χ2n) is 3.91. The molecule has 0 aliphatic heterocycles. The third-order valence-electron chi connectivity index (χ3n) is 2.51. The van der Waals surface area contributed by atoms with E-state index in [4.69, 9.17) is 4.74 Å². The van der Waals surface area contributed by atoms with Gasteiger partial charge in [-0.3, -0.25) is 9.59 Å². The lowest BCUT2D eigenvalue weighted by Gasteiger charge is -2.11. The van der Waals surface area contributed by atoms with Crippen LogP contribution in [0, 0.1) is 5.92 Å². The molecule has 1 aliphatic rings. The molecular formula is C12H13NO3. The molecule has 0 heterocycles. The van der Waals surface area contributed by atoms with Crippen molar-refractivity contribution in [2.24, 2.45) is 5.92 Å². The number of anilines is 1. The number of esters is 1. The summed E-state index contributed by atoms with van der Waals surface area (Å²) >= 11 is 0. The van der Waals surface area contributed by atoms with Gasteiger partial charge in [0, 0.05) is 18.8 Å². The summed E-state index contributed by atoms with van der Waals surface area (Å²) in [6.07, 6.45) is 2.56. The Labute approximate surface area is 93.8 Å². The van der Waals surface area contributed by atoms with Crippen molar-refractivity contribution >= 4 is 18.1 Å². The van der Waals surface area contributed by atoms with Gasteiger partial charge in [-0.15, -0.1) is 0 Å². The van der Waals surface area contributed by atoms with Gasteiger partial charge in [-0.25, -0.2) is 0 Å². The van der Waals surface area contributed by atoms with E-state index in [1.165, 1.54) is 4.90 Å². The number of hydrogen-bond donors (Lipinski definition) is 0. The van der Waals surface area contributed by atoms with Crippen molar-refractivity contribution in [2.75, 3.05) is 11.9 Å². The van der Waals surface area contributed by atoms with E-state index in [-0.39, 0.29) is 11.9 Å². The second kappa shape index (κ2) is 4.35. The Kier molecular flexibility index (Phi) is 2.90. The maximum absolute atomic E-state index is 11.4. The van der Waals surface area contributed by atoms with Crippen LogP contribution in [0.4, 0.5) is 5.69 Å². The van der Waals surface area contributed by atoms with Crippen LogP contribution in [0.25, 0.3) is 0 Å². The van der Waals surface area contributed by atoms with E-state index >= 15 is 0 Å². The second-order valence-corrected chi connectivity index (χ2v) is 3.91. The van der Waals surface area contributed by atoms with Crippen LogP contribution in [0.15, 0.2) is 24.3 Å². The Hall–Kier alpha value is -1.84. The molecular weight excluding hydrogens is 206 g/mol. The molecule has 1 aliphatic carbocycles. The summed E-state index contributed by atoms with van der Waals surface area (Å²) in [5.41, 5.74) is 0.705. The quantitative estimate of drug-likeness (QED) is 0.439. The van der Waals surface area contributed by atoms with Crippen LogP contribution in [0.1, 0.15) is 12.8 Å². The molecule has 1 aromatic rings. The Bertz CT molecular complexity index is 412. The molecule has 0 unspecified atom stereocenters. The topological polar surface area (TPSA) is 46.6 Å². The molecule has 4 nitrogen and oxygen atoms in total. The molecule has 0 atom stereocenters. The first kappa shape index (κ1) is 10.7. The molecule has 0 bridgehead atoms. The van der Waals surface area contributed by atoms with Gasteiger partial charge in [0.15, 0.2) is 0 Å². The number of carbonyl (C=O) groups excluding carboxylic acids is 2. The Morgan fingerprint density at radius 2 is 2.25 bits per heavy atom. The van der Waals surface area contributed by atoms with Crippen LogP contribution in [-0.2, 0) is 9.59 Å². The normalized spacial score (nSPS) is 14.3. The van der Waals surface area contributed by atoms with Gasteiger partial charge in [-0.2, -0.15) is 0 Å². The lowest BCUT2D eigenvalue weighted by atomic mass is 10.3. The van der Waals surface area contributed by atoms with E-state index in [9.17, 15) is 9.59 Å². The number of carbonyl (C=O) groups is 2. The summed E-state index contributed by atoms with van der Waals surface area (Å²) in [7, 11) is 1.65. The lowest BCUT2D eigenvalue weighted by molar-refractivity contribution is -0.135. The van der Waals surface area contributed by atoms with Crippen LogP contribution in [0.5, 0.6) is 5.75 Å². The first-order valence-corrected chi connectivity index (χ1v) is 5.20. The van der Waals surface area contributed by atoms with E-state index in [0.717, 1.165) is 12.8 Å². The molecule has 1 aromatic carbocycles. The predicted octanol–water partition coefficient (Wildman–Crippen LogP) is 1.59. The van der Waals surface area contributed by atoms with Gasteiger partial charge in [0.2, 0.25) is 6.41 Å². The molecule has 0 radical (unpaired) electrons. The molecule has 16 heavy (non-hydrogen) atoms. The third-order valence-corrected chi connectivity index (χ3v) is 2.51. The molecule has 1 saturated carbocycles. The maximum atomic E-state index is 11.4. The predicted molar refractivity (Wildman–Crippen MR) is 59.3 cm³/mol. The minimum Gasteiger partial charge on any atom is -0.426 e. The first-order chi connectivity index (χ1) is 7.70. The Morgan fingerprint density at radius 3 is 2.88 bits per heavy atom. The Balaban J connectivity index is 2.08. The maximum Gasteiger partial charge on any atom is 0.314 e. The smallest absolute Gasteiger partial charge is 0.314 e. The van der Waals surface area contributed by atoms with Crippen molar-refractivity contribution < 1.29 is 14.3 Å². The van der Waals surface area contributed by atoms with E-state index in [1.54, 1.807) is 31.3 Å². The summed E-state index contributed by atoms with van der Waals surface area (Å²) < 4.78 is 5.19. The molecule has 0 N–H and O–H groups in total. The van der Waals surface area contributed by atoms with Crippen molar-refractivity contribution in [1.82, 2.24) is 0 Å². The van der Waals surface area contributed by atoms with Gasteiger partial charge in [-0.05, 0) is 25.0 Å². The minimum atomic E-state index is -0.175. The van der Waals surface area contributed by atoms with E-state index in [2.05, 4.69) is 0 Å². The Morgan fingerprint density at radius 1 is 1.50 bits per heavy atom. The summed E-state index contributed by atoms with van der Waals surface area (Å²) in [6, 6.07) is 6.92. The zero-order valence-electron chi connectivity index (χ0n) is 9.05. The van der Waals surface area contributed by atoms with Crippen LogP contribution in [0.3, 0.4) is 0 Å². The molecule has 4 heteroatoms. The number of amides is 1. The van der Waals surface area contributed by atoms with Crippen molar-refractivity contribution in [3.63, 3.8) is 0 Å². The highest BCUT2D eigenvalue weighted by molar-refractivity contribution is 5.79. The standard InChI is InChI=1S/C12H13NO3/c1-13(8-14)10-3-2-4-11(7-10)16-12(15)9-5-6-9/h2-4,7-9H,5-6H2,1H3. The fraction of sp³-hybridized carbons (Fsp3) is 0.333. The van der Waals surface area contributed by atoms with E-state index in [1.807, 2.05) is 0 Å². The highest BCUT2D eigenvalue weighted by atomic mass is 16.5. The van der Waals surface area contributed by atoms with Gasteiger partial charge in [0.1, 0.15) is 5.75 Å². The molecule has 1 fully saturated rings. The van der Waals surface area contributed by atoms with Crippen molar-refractivity contribution in [3.8, 4) is 5.75 Å². The average molecular weight is 219 g/mol. The zero-order chi connectivity index (χ0) is 11.5. The highest BCUT2D eigenvalue weighted by Crippen LogP contribution is 2.31. The molecule has 0 saturated heterocycles. The van der Waals surface area contributed by atoms with Crippen LogP contribution < -0.4 is 9.64 Å². The molecule has 1 amide bonds. The molecule has 2 rings (SSSR count). The summed E-state index contributed by atoms with van der Waals surface area (Å²) in [5, 5.41) is 0. The van der Waals surface area contributed by atoms with Gasteiger partial charge < -0.3 is 9.64 Å². The van der Waals surface area contributed by atoms with Crippen LogP contribution in [-0.4, -0.2) is 19.4 Å². The number of rotatable bonds is 4. The highest BCUT2D eigenvalue weighted by Gasteiger charge is 2.31. The van der Waals surface area contributed by atoms with E-state index in [0.29, 0.717) is 17.8 Å². The van der Waals surface area contributed by atoms with Crippen molar-refractivity contribution in [1.29, 1.82) is 0 Å². The first-order valence-electron chi connectivity index (χ1n) is 5.20. The average Bonchev–Trinajstić information content (AvgIpc) is 3.12. The third kappa shape index (κ3) is 2.39. The SMILES string of the molecule is CN(C=O)c1cccc(OC(=O)C2CC2)c1. The number of benzene rings is 1. The summed E-state index contributed by atoms with van der Waals surface area (Å²) in [6.45, 7) is 0. The number of ether oxygens (including phenoxy) is 1. The monoisotopic (exact) mass is 219 g/mol. The van der Waals surface area contributed by atoms with Crippen molar-refractivity contribution in [2.45, 2.75) is 12.8 Å². The molecule has 0 aromatic heterocycles. The van der Waals surface area contributed by atoms with Crippen molar-refractivity contribution in [3.05, 3.63) is 24.3 Å². The van der Waals surface area contributed by atoms with Gasteiger partial charge in [0.25, 0.3) is 0 Å². The van der Waals surface area contributed by atoms with Gasteiger partial charge >= 0.3 is 5.97 Å². The summed E-state index contributed by atoms with van der Waals surface area (Å²) in [5.74, 6) is 0.390. The fourth-order valence-electron chi connectivity index (χ4n) is 1.35. The van der Waals surface area contributed by atoms with Gasteiger partial charge in [-0.1, -0.05) is 6.07 Å². The van der Waals surface area contributed by atoms with Gasteiger partial charge in [0.05, 0.1) is 5.92 Å². The number of nitrogens with zero attached hydrogens (tertiary/aromatic N) is 1. The van der Waals surface area contributed by atoms with Crippen LogP contribution in [0.2, 0.25) is 0 Å². The summed E-state index contributed by atoms with van der Waals surface area (Å²) in [4.78, 5) is 23.4. The largest absolute Gasteiger partial charge is 0.426 e. The molecule has 84 valence electrons. The number of hydrogen-bond acceptors (Lipinski definition) is 3. The zero-order valence-corrected chi connectivity index (χ0v) is 9.05. The van der Waals surface area contributed by atoms with E-state index < -0.39 is 0 Å². The molecule has 0 spiro atoms. The fourth-order valence-corrected chi connectivity index (χ4v) is 1.35. The minimum absolute atomic E-state index is 0.0763.